The predicted octanol–water partition coefficient (Wildman–Crippen LogP) is 2.60. The minimum Gasteiger partial charge on any atom is -0.373 e. The zero-order chi connectivity index (χ0) is 15.5. The molecule has 5 heteroatoms. The van der Waals surface area contributed by atoms with Crippen LogP contribution < -0.4 is 5.32 Å². The first-order chi connectivity index (χ1) is 11.4. The van der Waals surface area contributed by atoms with E-state index in [-0.39, 0.29) is 6.10 Å². The van der Waals surface area contributed by atoms with Gasteiger partial charge in [-0.3, -0.25) is 9.38 Å². The van der Waals surface area contributed by atoms with Gasteiger partial charge in [0.2, 0.25) is 0 Å². The molecule has 1 aliphatic rings. The van der Waals surface area contributed by atoms with Crippen LogP contribution in [0, 0.1) is 5.92 Å². The molecule has 3 heterocycles. The molecular weight excluding hydrogens is 288 g/mol. The Morgan fingerprint density at radius 2 is 2.13 bits per heavy atom. The van der Waals surface area contributed by atoms with Gasteiger partial charge in [0.15, 0.2) is 5.65 Å². The van der Waals surface area contributed by atoms with Crippen LogP contribution in [0.2, 0.25) is 0 Å². The summed E-state index contributed by atoms with van der Waals surface area (Å²) in [7, 11) is 0. The van der Waals surface area contributed by atoms with Gasteiger partial charge in [-0.25, -0.2) is 4.98 Å². The average molecular weight is 308 g/mol. The monoisotopic (exact) mass is 308 g/mol. The standard InChI is InChI=1S/C18H20N4O/c1-2-4-14(5-3-1)18-15(6-9-23-18)10-20-11-16-12-21-17-13-19-7-8-22(16)17/h1-5,7-8,12-13,15,18,20H,6,9-11H2/t15-,18-/m1/s1. The zero-order valence-electron chi connectivity index (χ0n) is 12.9. The van der Waals surface area contributed by atoms with E-state index in [1.54, 1.807) is 12.4 Å². The molecule has 23 heavy (non-hydrogen) atoms. The summed E-state index contributed by atoms with van der Waals surface area (Å²) in [5, 5.41) is 3.56. The van der Waals surface area contributed by atoms with E-state index in [0.29, 0.717) is 5.92 Å². The van der Waals surface area contributed by atoms with Crippen molar-refractivity contribution in [1.82, 2.24) is 19.7 Å². The minimum atomic E-state index is 0.204. The van der Waals surface area contributed by atoms with Crippen LogP contribution in [0.25, 0.3) is 5.65 Å². The lowest BCUT2D eigenvalue weighted by Gasteiger charge is -2.19. The molecule has 1 aliphatic heterocycles. The summed E-state index contributed by atoms with van der Waals surface area (Å²) in [5.41, 5.74) is 3.31. The third-order valence-electron chi connectivity index (χ3n) is 4.45. The Balaban J connectivity index is 1.39. The fourth-order valence-corrected chi connectivity index (χ4v) is 3.27. The number of hydrogen-bond donors (Lipinski definition) is 1. The Bertz CT molecular complexity index is 771. The lowest BCUT2D eigenvalue weighted by Crippen LogP contribution is -2.25. The molecule has 0 saturated carbocycles. The van der Waals surface area contributed by atoms with Crippen molar-refractivity contribution in [2.75, 3.05) is 13.2 Å². The molecule has 0 amide bonds. The van der Waals surface area contributed by atoms with E-state index in [2.05, 4.69) is 44.0 Å². The van der Waals surface area contributed by atoms with Crippen LogP contribution in [-0.4, -0.2) is 27.5 Å². The SMILES string of the molecule is c1ccc([C@H]2OCC[C@@H]2CNCc2cnc3cnccn23)cc1. The van der Waals surface area contributed by atoms with Crippen LogP contribution in [-0.2, 0) is 11.3 Å². The number of imidazole rings is 1. The molecule has 5 nitrogen and oxygen atoms in total. The van der Waals surface area contributed by atoms with Crippen molar-refractivity contribution in [2.24, 2.45) is 5.92 Å². The van der Waals surface area contributed by atoms with Crippen molar-refractivity contribution in [3.8, 4) is 0 Å². The van der Waals surface area contributed by atoms with Crippen LogP contribution in [0.15, 0.2) is 55.1 Å². The maximum Gasteiger partial charge on any atom is 0.155 e. The van der Waals surface area contributed by atoms with Crippen molar-refractivity contribution < 1.29 is 4.74 Å². The molecule has 0 bridgehead atoms. The Kier molecular flexibility index (Phi) is 4.05. The molecule has 3 aromatic rings. The summed E-state index contributed by atoms with van der Waals surface area (Å²) in [5.74, 6) is 0.512. The smallest absolute Gasteiger partial charge is 0.155 e. The summed E-state index contributed by atoms with van der Waals surface area (Å²) in [6.07, 6.45) is 8.72. The molecule has 1 N–H and O–H groups in total. The quantitative estimate of drug-likeness (QED) is 0.787. The van der Waals surface area contributed by atoms with Crippen molar-refractivity contribution in [3.05, 3.63) is 66.4 Å². The minimum absolute atomic E-state index is 0.204. The average Bonchev–Trinajstić information content (AvgIpc) is 3.23. The van der Waals surface area contributed by atoms with Gasteiger partial charge in [0.05, 0.1) is 24.2 Å². The molecule has 1 saturated heterocycles. The zero-order valence-corrected chi connectivity index (χ0v) is 12.9. The van der Waals surface area contributed by atoms with Crippen LogP contribution in [0.5, 0.6) is 0 Å². The Morgan fingerprint density at radius 1 is 1.22 bits per heavy atom. The molecule has 1 fully saturated rings. The highest BCUT2D eigenvalue weighted by atomic mass is 16.5. The fraction of sp³-hybridized carbons (Fsp3) is 0.333. The number of rotatable bonds is 5. The fourth-order valence-electron chi connectivity index (χ4n) is 3.27. The number of benzene rings is 1. The van der Waals surface area contributed by atoms with E-state index < -0.39 is 0 Å². The summed E-state index contributed by atoms with van der Waals surface area (Å²) in [6, 6.07) is 10.5. The summed E-state index contributed by atoms with van der Waals surface area (Å²) in [4.78, 5) is 8.46. The molecule has 0 unspecified atom stereocenters. The second kappa shape index (κ2) is 6.48. The molecule has 1 aromatic carbocycles. The van der Waals surface area contributed by atoms with Gasteiger partial charge < -0.3 is 10.1 Å². The first-order valence-electron chi connectivity index (χ1n) is 8.05. The summed E-state index contributed by atoms with van der Waals surface area (Å²) in [6.45, 7) is 2.58. The molecule has 0 spiro atoms. The van der Waals surface area contributed by atoms with Gasteiger partial charge in [-0.1, -0.05) is 30.3 Å². The molecule has 2 aromatic heterocycles. The maximum atomic E-state index is 5.94. The number of hydrogen-bond acceptors (Lipinski definition) is 4. The lowest BCUT2D eigenvalue weighted by atomic mass is 9.95. The van der Waals surface area contributed by atoms with Crippen LogP contribution in [0.1, 0.15) is 23.8 Å². The van der Waals surface area contributed by atoms with E-state index >= 15 is 0 Å². The maximum absolute atomic E-state index is 5.94. The molecule has 0 aliphatic carbocycles. The number of nitrogens with zero attached hydrogens (tertiary/aromatic N) is 3. The second-order valence-corrected chi connectivity index (χ2v) is 5.94. The highest BCUT2D eigenvalue weighted by Crippen LogP contribution is 2.33. The van der Waals surface area contributed by atoms with Crippen LogP contribution in [0.3, 0.4) is 0 Å². The number of aromatic nitrogens is 3. The van der Waals surface area contributed by atoms with Gasteiger partial charge in [0.1, 0.15) is 0 Å². The summed E-state index contributed by atoms with van der Waals surface area (Å²) < 4.78 is 8.01. The van der Waals surface area contributed by atoms with E-state index in [9.17, 15) is 0 Å². The Morgan fingerprint density at radius 3 is 3.04 bits per heavy atom. The van der Waals surface area contributed by atoms with Gasteiger partial charge in [-0.15, -0.1) is 0 Å². The number of nitrogens with one attached hydrogen (secondary N) is 1. The van der Waals surface area contributed by atoms with Crippen LogP contribution in [0.4, 0.5) is 0 Å². The van der Waals surface area contributed by atoms with Crippen molar-refractivity contribution >= 4 is 5.65 Å². The van der Waals surface area contributed by atoms with Crippen molar-refractivity contribution in [2.45, 2.75) is 19.1 Å². The molecular formula is C18H20N4O. The van der Waals surface area contributed by atoms with E-state index in [1.807, 2.05) is 18.5 Å². The second-order valence-electron chi connectivity index (χ2n) is 5.94. The van der Waals surface area contributed by atoms with E-state index in [1.165, 1.54) is 5.56 Å². The van der Waals surface area contributed by atoms with Crippen molar-refractivity contribution in [3.63, 3.8) is 0 Å². The lowest BCUT2D eigenvalue weighted by molar-refractivity contribution is 0.0904. The molecule has 4 rings (SSSR count). The predicted molar refractivity (Wildman–Crippen MR) is 87.9 cm³/mol. The Hall–Kier alpha value is -2.24. The van der Waals surface area contributed by atoms with Gasteiger partial charge in [-0.05, 0) is 12.0 Å². The third-order valence-corrected chi connectivity index (χ3v) is 4.45. The van der Waals surface area contributed by atoms with Crippen molar-refractivity contribution in [1.29, 1.82) is 0 Å². The molecule has 118 valence electrons. The highest BCUT2D eigenvalue weighted by Gasteiger charge is 2.29. The molecule has 2 atom stereocenters. The van der Waals surface area contributed by atoms with E-state index in [4.69, 9.17) is 4.74 Å². The third kappa shape index (κ3) is 2.98. The van der Waals surface area contributed by atoms with Crippen LogP contribution >= 0.6 is 0 Å². The van der Waals surface area contributed by atoms with Gasteiger partial charge in [0, 0.05) is 38.0 Å². The number of ether oxygens (including phenoxy) is 1. The number of fused-ring (bicyclic) bond motifs is 1. The highest BCUT2D eigenvalue weighted by molar-refractivity contribution is 5.36. The summed E-state index contributed by atoms with van der Waals surface area (Å²) >= 11 is 0. The topological polar surface area (TPSA) is 51.5 Å². The van der Waals surface area contributed by atoms with Gasteiger partial charge in [-0.2, -0.15) is 0 Å². The van der Waals surface area contributed by atoms with Gasteiger partial charge >= 0.3 is 0 Å². The molecule has 0 radical (unpaired) electrons. The first kappa shape index (κ1) is 14.4. The van der Waals surface area contributed by atoms with Gasteiger partial charge in [0.25, 0.3) is 0 Å². The first-order valence-corrected chi connectivity index (χ1v) is 8.05. The Labute approximate surface area is 135 Å². The largest absolute Gasteiger partial charge is 0.373 e. The normalized spacial score (nSPS) is 21.0. The van der Waals surface area contributed by atoms with E-state index in [0.717, 1.165) is 37.5 Å².